The van der Waals surface area contributed by atoms with Crippen molar-refractivity contribution >= 4 is 21.8 Å². The van der Waals surface area contributed by atoms with Crippen LogP contribution in [0.15, 0.2) is 0 Å². The van der Waals surface area contributed by atoms with E-state index in [9.17, 15) is 8.42 Å². The highest BCUT2D eigenvalue weighted by molar-refractivity contribution is 7.98. The summed E-state index contributed by atoms with van der Waals surface area (Å²) in [6, 6.07) is 0.0454. The quantitative estimate of drug-likeness (QED) is 0.713. The summed E-state index contributed by atoms with van der Waals surface area (Å²) in [5.74, 6) is 0.823. The average molecular weight is 268 g/mol. The monoisotopic (exact) mass is 268 g/mol. The van der Waals surface area contributed by atoms with Gasteiger partial charge in [-0.05, 0) is 26.6 Å². The van der Waals surface area contributed by atoms with Crippen molar-refractivity contribution in [1.82, 2.24) is 9.62 Å². The third kappa shape index (κ3) is 4.61. The Morgan fingerprint density at radius 1 is 1.38 bits per heavy atom. The molecule has 0 saturated heterocycles. The van der Waals surface area contributed by atoms with E-state index in [0.29, 0.717) is 6.54 Å². The number of nitrogens with zero attached hydrogens (tertiary/aromatic N) is 1. The minimum absolute atomic E-state index is 0.0454. The van der Waals surface area contributed by atoms with E-state index in [1.807, 2.05) is 20.1 Å². The Morgan fingerprint density at radius 2 is 1.94 bits per heavy atom. The molecule has 0 fully saturated rings. The SMILES string of the molecule is CCNCC(C)S(=O)(=O)N(C)C(C)CSC. The first kappa shape index (κ1) is 16.2. The Kier molecular flexibility index (Phi) is 7.63. The average Bonchev–Trinajstić information content (AvgIpc) is 2.24. The van der Waals surface area contributed by atoms with E-state index in [1.165, 1.54) is 4.31 Å². The molecule has 4 nitrogen and oxygen atoms in total. The third-order valence-electron chi connectivity index (χ3n) is 2.62. The number of thioether (sulfide) groups is 1. The molecule has 0 saturated carbocycles. The van der Waals surface area contributed by atoms with E-state index in [4.69, 9.17) is 0 Å². The predicted octanol–water partition coefficient (Wildman–Crippen LogP) is 0.997. The molecule has 0 aliphatic rings. The lowest BCUT2D eigenvalue weighted by atomic mass is 10.4. The second-order valence-corrected chi connectivity index (χ2v) is 7.31. The highest BCUT2D eigenvalue weighted by atomic mass is 32.2. The summed E-state index contributed by atoms with van der Waals surface area (Å²) in [7, 11) is -1.51. The second kappa shape index (κ2) is 7.53. The van der Waals surface area contributed by atoms with Gasteiger partial charge in [0, 0.05) is 25.4 Å². The van der Waals surface area contributed by atoms with Gasteiger partial charge < -0.3 is 5.32 Å². The molecule has 98 valence electrons. The molecule has 2 atom stereocenters. The molecule has 2 unspecified atom stereocenters. The number of nitrogens with one attached hydrogen (secondary N) is 1. The lowest BCUT2D eigenvalue weighted by molar-refractivity contribution is 0.407. The van der Waals surface area contributed by atoms with E-state index < -0.39 is 10.0 Å². The van der Waals surface area contributed by atoms with Gasteiger partial charge in [-0.3, -0.25) is 0 Å². The van der Waals surface area contributed by atoms with Crippen LogP contribution in [-0.4, -0.2) is 56.2 Å². The summed E-state index contributed by atoms with van der Waals surface area (Å²) in [4.78, 5) is 0. The molecular weight excluding hydrogens is 244 g/mol. The van der Waals surface area contributed by atoms with Crippen molar-refractivity contribution < 1.29 is 8.42 Å². The van der Waals surface area contributed by atoms with Crippen LogP contribution in [0.1, 0.15) is 20.8 Å². The van der Waals surface area contributed by atoms with Crippen LogP contribution >= 0.6 is 11.8 Å². The van der Waals surface area contributed by atoms with Gasteiger partial charge >= 0.3 is 0 Å². The van der Waals surface area contributed by atoms with Crippen LogP contribution in [0.5, 0.6) is 0 Å². The van der Waals surface area contributed by atoms with Crippen molar-refractivity contribution in [3.05, 3.63) is 0 Å². The number of hydrogen-bond donors (Lipinski definition) is 1. The summed E-state index contributed by atoms with van der Waals surface area (Å²) >= 11 is 1.66. The number of sulfonamides is 1. The fourth-order valence-electron chi connectivity index (χ4n) is 1.33. The normalized spacial score (nSPS) is 16.4. The van der Waals surface area contributed by atoms with E-state index >= 15 is 0 Å². The molecule has 1 N–H and O–H groups in total. The zero-order valence-electron chi connectivity index (χ0n) is 10.9. The van der Waals surface area contributed by atoms with E-state index in [1.54, 1.807) is 25.7 Å². The first-order valence-electron chi connectivity index (χ1n) is 5.54. The predicted molar refractivity (Wildman–Crippen MR) is 72.5 cm³/mol. The lowest BCUT2D eigenvalue weighted by Gasteiger charge is -2.27. The molecule has 6 heteroatoms. The zero-order chi connectivity index (χ0) is 12.8. The van der Waals surface area contributed by atoms with Crippen LogP contribution < -0.4 is 5.32 Å². The Hall–Kier alpha value is 0.220. The first-order chi connectivity index (χ1) is 7.37. The van der Waals surface area contributed by atoms with Gasteiger partial charge in [-0.25, -0.2) is 12.7 Å². The molecule has 0 aliphatic heterocycles. The standard InChI is InChI=1S/C10H24N2O2S2/c1-6-11-7-10(3)16(13,14)12(4)9(2)8-15-5/h9-11H,6-8H2,1-5H3. The summed E-state index contributed by atoms with van der Waals surface area (Å²) < 4.78 is 25.8. The topological polar surface area (TPSA) is 49.4 Å². The third-order valence-corrected chi connectivity index (χ3v) is 5.78. The van der Waals surface area contributed by atoms with E-state index in [-0.39, 0.29) is 11.3 Å². The van der Waals surface area contributed by atoms with Gasteiger partial charge in [0.25, 0.3) is 0 Å². The minimum atomic E-state index is -3.18. The molecule has 0 bridgehead atoms. The van der Waals surface area contributed by atoms with Gasteiger partial charge in [-0.15, -0.1) is 0 Å². The molecule has 16 heavy (non-hydrogen) atoms. The van der Waals surface area contributed by atoms with Gasteiger partial charge in [0.05, 0.1) is 5.25 Å². The highest BCUT2D eigenvalue weighted by Crippen LogP contribution is 2.12. The van der Waals surface area contributed by atoms with Crippen molar-refractivity contribution in [2.24, 2.45) is 0 Å². The van der Waals surface area contributed by atoms with E-state index in [2.05, 4.69) is 5.32 Å². The fraction of sp³-hybridized carbons (Fsp3) is 1.00. The van der Waals surface area contributed by atoms with Gasteiger partial charge in [-0.1, -0.05) is 6.92 Å². The largest absolute Gasteiger partial charge is 0.316 e. The van der Waals surface area contributed by atoms with Crippen LogP contribution in [-0.2, 0) is 10.0 Å². The Balaban J connectivity index is 4.51. The fourth-order valence-corrected chi connectivity index (χ4v) is 3.61. The van der Waals surface area contributed by atoms with Crippen molar-refractivity contribution in [2.45, 2.75) is 32.1 Å². The zero-order valence-corrected chi connectivity index (χ0v) is 12.5. The molecule has 0 aliphatic carbocycles. The first-order valence-corrected chi connectivity index (χ1v) is 8.44. The number of hydrogen-bond acceptors (Lipinski definition) is 4. The lowest BCUT2D eigenvalue weighted by Crippen LogP contribution is -2.44. The van der Waals surface area contributed by atoms with Crippen molar-refractivity contribution in [1.29, 1.82) is 0 Å². The van der Waals surface area contributed by atoms with Crippen LogP contribution in [0.25, 0.3) is 0 Å². The van der Waals surface area contributed by atoms with Gasteiger partial charge in [0.1, 0.15) is 0 Å². The molecule has 0 radical (unpaired) electrons. The maximum Gasteiger partial charge on any atom is 0.217 e. The van der Waals surface area contributed by atoms with E-state index in [0.717, 1.165) is 12.3 Å². The summed E-state index contributed by atoms with van der Waals surface area (Å²) in [5, 5.41) is 2.70. The van der Waals surface area contributed by atoms with Crippen molar-refractivity contribution in [2.75, 3.05) is 32.1 Å². The maximum absolute atomic E-state index is 12.1. The Bertz CT molecular complexity index is 281. The highest BCUT2D eigenvalue weighted by Gasteiger charge is 2.28. The van der Waals surface area contributed by atoms with Crippen LogP contribution in [0, 0.1) is 0 Å². The molecule has 0 heterocycles. The number of rotatable bonds is 8. The summed E-state index contributed by atoms with van der Waals surface area (Å²) in [6.45, 7) is 6.97. The Labute approximate surface area is 104 Å². The van der Waals surface area contributed by atoms with Crippen LogP contribution in [0.2, 0.25) is 0 Å². The molecule has 0 aromatic carbocycles. The Morgan fingerprint density at radius 3 is 2.38 bits per heavy atom. The summed E-state index contributed by atoms with van der Waals surface area (Å²) in [5.41, 5.74) is 0. The minimum Gasteiger partial charge on any atom is -0.316 e. The maximum atomic E-state index is 12.1. The summed E-state index contributed by atoms with van der Waals surface area (Å²) in [6.07, 6.45) is 1.99. The molecule has 0 aromatic heterocycles. The molecule has 0 rings (SSSR count). The molecule has 0 aromatic rings. The molecule has 0 spiro atoms. The van der Waals surface area contributed by atoms with Crippen LogP contribution in [0.3, 0.4) is 0 Å². The van der Waals surface area contributed by atoms with Gasteiger partial charge in [-0.2, -0.15) is 11.8 Å². The smallest absolute Gasteiger partial charge is 0.217 e. The van der Waals surface area contributed by atoms with Crippen molar-refractivity contribution in [3.8, 4) is 0 Å². The molecule has 0 amide bonds. The van der Waals surface area contributed by atoms with Gasteiger partial charge in [0.15, 0.2) is 0 Å². The van der Waals surface area contributed by atoms with Gasteiger partial charge in [0.2, 0.25) is 10.0 Å². The van der Waals surface area contributed by atoms with Crippen LogP contribution in [0.4, 0.5) is 0 Å². The van der Waals surface area contributed by atoms with Crippen molar-refractivity contribution in [3.63, 3.8) is 0 Å². The second-order valence-electron chi connectivity index (χ2n) is 3.98. The molecular formula is C10H24N2O2S2.